The average molecular weight is 468 g/mol. The van der Waals surface area contributed by atoms with Gasteiger partial charge in [-0.05, 0) is 71.1 Å². The number of amides is 1. The first-order chi connectivity index (χ1) is 16.2. The first kappa shape index (κ1) is 23.9. The average Bonchev–Trinajstić information content (AvgIpc) is 3.29. The molecule has 1 aromatic carbocycles. The largest absolute Gasteiger partial charge is 0.496 e. The van der Waals surface area contributed by atoms with Crippen LogP contribution in [0.15, 0.2) is 38.1 Å². The lowest BCUT2D eigenvalue weighted by Gasteiger charge is -2.33. The molecule has 0 unspecified atom stereocenters. The summed E-state index contributed by atoms with van der Waals surface area (Å²) in [6.45, 7) is 7.94. The second-order valence-electron chi connectivity index (χ2n) is 9.70. The summed E-state index contributed by atoms with van der Waals surface area (Å²) in [5.41, 5.74) is 2.00. The van der Waals surface area contributed by atoms with Gasteiger partial charge in [-0.2, -0.15) is 0 Å². The Morgan fingerprint density at radius 1 is 1.29 bits per heavy atom. The highest BCUT2D eigenvalue weighted by Gasteiger charge is 2.31. The predicted octanol–water partition coefficient (Wildman–Crippen LogP) is 4.88. The maximum absolute atomic E-state index is 12.9. The number of rotatable bonds is 8. The van der Waals surface area contributed by atoms with E-state index in [1.54, 1.807) is 13.4 Å². The molecule has 0 bridgehead atoms. The van der Waals surface area contributed by atoms with Gasteiger partial charge in [0.25, 0.3) is 0 Å². The zero-order valence-electron chi connectivity index (χ0n) is 20.6. The van der Waals surface area contributed by atoms with E-state index in [1.165, 1.54) is 0 Å². The van der Waals surface area contributed by atoms with Crippen molar-refractivity contribution in [3.05, 3.63) is 57.3 Å². The van der Waals surface area contributed by atoms with Crippen molar-refractivity contribution in [3.63, 3.8) is 0 Å². The van der Waals surface area contributed by atoms with Gasteiger partial charge in [-0.15, -0.1) is 0 Å². The van der Waals surface area contributed by atoms with Crippen LogP contribution in [0.1, 0.15) is 62.5 Å². The lowest BCUT2D eigenvalue weighted by Crippen LogP contribution is -2.33. The molecule has 0 fully saturated rings. The van der Waals surface area contributed by atoms with Crippen LogP contribution in [0.5, 0.6) is 11.5 Å². The SMILES string of the molecule is COc1cc2c(c3oc(=O)c(CCC(=O)N[C@@H](C)CCc4ccco4)c(C)c13)CCC(C)(C)O2. The number of nitrogens with one attached hydrogen (secondary N) is 1. The Hall–Kier alpha value is -3.22. The van der Waals surface area contributed by atoms with Crippen LogP contribution in [0, 0.1) is 6.92 Å². The maximum Gasteiger partial charge on any atom is 0.339 e. The molecule has 7 nitrogen and oxygen atoms in total. The molecule has 3 aromatic rings. The van der Waals surface area contributed by atoms with E-state index in [0.717, 1.165) is 48.0 Å². The molecule has 1 atom stereocenters. The van der Waals surface area contributed by atoms with Crippen molar-refractivity contribution in [1.82, 2.24) is 5.32 Å². The lowest BCUT2D eigenvalue weighted by atomic mass is 9.91. The molecule has 34 heavy (non-hydrogen) atoms. The van der Waals surface area contributed by atoms with Crippen molar-refractivity contribution in [2.45, 2.75) is 77.9 Å². The Kier molecular flexibility index (Phi) is 6.73. The number of carbonyl (C=O) groups excluding carboxylic acids is 1. The lowest BCUT2D eigenvalue weighted by molar-refractivity contribution is -0.121. The minimum atomic E-state index is -0.413. The summed E-state index contributed by atoms with van der Waals surface area (Å²) in [6, 6.07) is 5.66. The van der Waals surface area contributed by atoms with Crippen LogP contribution in [0.2, 0.25) is 0 Å². The molecular weight excluding hydrogens is 434 g/mol. The van der Waals surface area contributed by atoms with Crippen LogP contribution < -0.4 is 20.4 Å². The quantitative estimate of drug-likeness (QED) is 0.475. The van der Waals surface area contributed by atoms with Crippen molar-refractivity contribution in [3.8, 4) is 11.5 Å². The number of benzene rings is 1. The van der Waals surface area contributed by atoms with E-state index in [1.807, 2.05) is 45.9 Å². The molecular formula is C27H33NO6. The minimum absolute atomic E-state index is 0.00239. The molecule has 2 aromatic heterocycles. The number of hydrogen-bond acceptors (Lipinski definition) is 6. The molecule has 4 rings (SSSR count). The fourth-order valence-electron chi connectivity index (χ4n) is 4.60. The fraction of sp³-hybridized carbons (Fsp3) is 0.481. The van der Waals surface area contributed by atoms with Crippen LogP contribution >= 0.6 is 0 Å². The zero-order chi connectivity index (χ0) is 24.5. The molecule has 0 saturated carbocycles. The number of carbonyl (C=O) groups is 1. The van der Waals surface area contributed by atoms with Gasteiger partial charge in [-0.25, -0.2) is 4.79 Å². The van der Waals surface area contributed by atoms with Crippen LogP contribution in [-0.2, 0) is 24.1 Å². The third-order valence-corrected chi connectivity index (χ3v) is 6.57. The zero-order valence-corrected chi connectivity index (χ0v) is 20.6. The number of ether oxygens (including phenoxy) is 2. The van der Waals surface area contributed by atoms with Crippen LogP contribution in [-0.4, -0.2) is 24.7 Å². The van der Waals surface area contributed by atoms with Crippen molar-refractivity contribution >= 4 is 16.9 Å². The maximum atomic E-state index is 12.9. The Morgan fingerprint density at radius 2 is 2.09 bits per heavy atom. The second kappa shape index (κ2) is 9.57. The second-order valence-corrected chi connectivity index (χ2v) is 9.70. The van der Waals surface area contributed by atoms with E-state index in [4.69, 9.17) is 18.3 Å². The molecule has 7 heteroatoms. The normalized spacial score (nSPS) is 15.4. The monoisotopic (exact) mass is 467 g/mol. The Balaban J connectivity index is 1.52. The number of methoxy groups -OCH3 is 1. The van der Waals surface area contributed by atoms with E-state index < -0.39 is 5.63 Å². The molecule has 1 aliphatic heterocycles. The smallest absolute Gasteiger partial charge is 0.339 e. The van der Waals surface area contributed by atoms with Gasteiger partial charge < -0.3 is 23.6 Å². The van der Waals surface area contributed by atoms with E-state index >= 15 is 0 Å². The fourth-order valence-corrected chi connectivity index (χ4v) is 4.60. The molecule has 3 heterocycles. The molecule has 182 valence electrons. The summed E-state index contributed by atoms with van der Waals surface area (Å²) >= 11 is 0. The van der Waals surface area contributed by atoms with Crippen molar-refractivity contribution in [2.24, 2.45) is 0 Å². The van der Waals surface area contributed by atoms with Gasteiger partial charge in [0.1, 0.15) is 28.4 Å². The predicted molar refractivity (Wildman–Crippen MR) is 130 cm³/mol. The number of hydrogen-bond donors (Lipinski definition) is 1. The molecule has 0 aliphatic carbocycles. The van der Waals surface area contributed by atoms with E-state index in [0.29, 0.717) is 29.1 Å². The number of fused-ring (bicyclic) bond motifs is 3. The van der Waals surface area contributed by atoms with E-state index in [2.05, 4.69) is 5.32 Å². The van der Waals surface area contributed by atoms with Gasteiger partial charge >= 0.3 is 5.63 Å². The van der Waals surface area contributed by atoms with E-state index in [-0.39, 0.29) is 24.0 Å². The summed E-state index contributed by atoms with van der Waals surface area (Å²) in [5.74, 6) is 2.10. The summed E-state index contributed by atoms with van der Waals surface area (Å²) in [6.07, 6.45) is 5.25. The molecule has 1 amide bonds. The molecule has 1 N–H and O–H groups in total. The Bertz CT molecular complexity index is 1240. The Morgan fingerprint density at radius 3 is 2.79 bits per heavy atom. The van der Waals surface area contributed by atoms with Crippen LogP contribution in [0.25, 0.3) is 11.0 Å². The van der Waals surface area contributed by atoms with E-state index in [9.17, 15) is 9.59 Å². The molecule has 0 saturated heterocycles. The highest BCUT2D eigenvalue weighted by Crippen LogP contribution is 2.43. The Labute approximate surface area is 199 Å². The van der Waals surface area contributed by atoms with Gasteiger partial charge in [-0.1, -0.05) is 0 Å². The molecule has 0 radical (unpaired) electrons. The van der Waals surface area contributed by atoms with Crippen LogP contribution in [0.4, 0.5) is 0 Å². The summed E-state index contributed by atoms with van der Waals surface area (Å²) in [7, 11) is 1.59. The minimum Gasteiger partial charge on any atom is -0.496 e. The van der Waals surface area contributed by atoms with Gasteiger partial charge in [-0.3, -0.25) is 4.79 Å². The summed E-state index contributed by atoms with van der Waals surface area (Å²) in [4.78, 5) is 25.5. The van der Waals surface area contributed by atoms with Gasteiger partial charge in [0.05, 0.1) is 18.8 Å². The topological polar surface area (TPSA) is 90.9 Å². The highest BCUT2D eigenvalue weighted by molar-refractivity contribution is 5.92. The summed E-state index contributed by atoms with van der Waals surface area (Å²) in [5, 5.41) is 3.78. The first-order valence-electron chi connectivity index (χ1n) is 11.9. The van der Waals surface area contributed by atoms with Gasteiger partial charge in [0.15, 0.2) is 0 Å². The first-order valence-corrected chi connectivity index (χ1v) is 11.9. The van der Waals surface area contributed by atoms with Gasteiger partial charge in [0, 0.05) is 36.1 Å². The molecule has 0 spiro atoms. The highest BCUT2D eigenvalue weighted by atomic mass is 16.5. The summed E-state index contributed by atoms with van der Waals surface area (Å²) < 4.78 is 22.9. The van der Waals surface area contributed by atoms with Crippen molar-refractivity contribution < 1.29 is 23.1 Å². The number of aryl methyl sites for hydroxylation is 3. The van der Waals surface area contributed by atoms with Gasteiger partial charge in [0.2, 0.25) is 5.91 Å². The molecule has 1 aliphatic rings. The van der Waals surface area contributed by atoms with Crippen molar-refractivity contribution in [2.75, 3.05) is 7.11 Å². The van der Waals surface area contributed by atoms with Crippen molar-refractivity contribution in [1.29, 1.82) is 0 Å². The number of furan rings is 1. The third kappa shape index (κ3) is 4.98. The van der Waals surface area contributed by atoms with Crippen LogP contribution in [0.3, 0.4) is 0 Å². The standard InChI is InChI=1S/C27H33NO6/c1-16(8-9-18-7-6-14-32-18)28-23(29)11-10-19-17(2)24-22(31-5)15-21-20(25(24)33-26(19)30)12-13-27(3,4)34-21/h6-7,14-16H,8-13H2,1-5H3,(H,28,29)/t16-/m0/s1. The third-order valence-electron chi connectivity index (χ3n) is 6.57.